The fourth-order valence-electron chi connectivity index (χ4n) is 1.53. The highest BCUT2D eigenvalue weighted by Crippen LogP contribution is 2.22. The van der Waals surface area contributed by atoms with Gasteiger partial charge in [0.05, 0.1) is 17.8 Å². The number of hydrogen-bond acceptors (Lipinski definition) is 4. The van der Waals surface area contributed by atoms with Gasteiger partial charge in [0.25, 0.3) is 0 Å². The normalized spacial score (nSPS) is 10.5. The number of carbonyl (C=O) groups is 1. The highest BCUT2D eigenvalue weighted by molar-refractivity contribution is 9.10. The van der Waals surface area contributed by atoms with Crippen molar-refractivity contribution >= 4 is 38.5 Å². The summed E-state index contributed by atoms with van der Waals surface area (Å²) in [5, 5.41) is 0.880. The number of nitrogens with zero attached hydrogens (tertiary/aromatic N) is 1. The first-order valence-electron chi connectivity index (χ1n) is 5.14. The van der Waals surface area contributed by atoms with E-state index >= 15 is 0 Å². The number of hydrogen-bond donors (Lipinski definition) is 1. The number of ether oxygens (including phenoxy) is 1. The van der Waals surface area contributed by atoms with Crippen molar-refractivity contribution in [3.05, 3.63) is 34.4 Å². The summed E-state index contributed by atoms with van der Waals surface area (Å²) >= 11 is 3.37. The van der Waals surface area contributed by atoms with E-state index in [4.69, 9.17) is 10.5 Å². The molecule has 0 bridgehead atoms. The summed E-state index contributed by atoms with van der Waals surface area (Å²) in [6.45, 7) is 2.05. The third-order valence-corrected chi connectivity index (χ3v) is 2.77. The lowest BCUT2D eigenvalue weighted by Crippen LogP contribution is -2.10. The summed E-state index contributed by atoms with van der Waals surface area (Å²) in [6.07, 6.45) is 0. The minimum atomic E-state index is -0.491. The molecule has 88 valence electrons. The highest BCUT2D eigenvalue weighted by atomic mass is 79.9. The van der Waals surface area contributed by atoms with Gasteiger partial charge in [-0.05, 0) is 31.2 Å². The van der Waals surface area contributed by atoms with E-state index in [0.29, 0.717) is 17.8 Å². The van der Waals surface area contributed by atoms with Crippen LogP contribution in [0.15, 0.2) is 28.7 Å². The van der Waals surface area contributed by atoms with Crippen LogP contribution in [0.2, 0.25) is 0 Å². The zero-order valence-corrected chi connectivity index (χ0v) is 10.8. The summed E-state index contributed by atoms with van der Waals surface area (Å²) in [7, 11) is 0. The first-order valence-corrected chi connectivity index (χ1v) is 5.94. The molecule has 2 N–H and O–H groups in total. The van der Waals surface area contributed by atoms with Crippen molar-refractivity contribution in [2.24, 2.45) is 0 Å². The third kappa shape index (κ3) is 2.39. The van der Waals surface area contributed by atoms with Gasteiger partial charge in [-0.2, -0.15) is 0 Å². The predicted octanol–water partition coefficient (Wildman–Crippen LogP) is 2.76. The number of pyridine rings is 1. The SMILES string of the molecule is CCOC(=O)c1nc2ccc(Br)cc2cc1N. The molecular formula is C12H11BrN2O2. The molecule has 4 nitrogen and oxygen atoms in total. The summed E-state index contributed by atoms with van der Waals surface area (Å²) in [4.78, 5) is 15.8. The summed E-state index contributed by atoms with van der Waals surface area (Å²) in [6, 6.07) is 7.30. The van der Waals surface area contributed by atoms with Crippen LogP contribution >= 0.6 is 15.9 Å². The number of carbonyl (C=O) groups excluding carboxylic acids is 1. The molecule has 0 spiro atoms. The standard InChI is InChI=1S/C12H11BrN2O2/c1-2-17-12(16)11-9(14)6-7-5-8(13)3-4-10(7)15-11/h3-6H,2,14H2,1H3. The Labute approximate surface area is 107 Å². The molecule has 0 aliphatic rings. The van der Waals surface area contributed by atoms with Crippen LogP contribution in [0.25, 0.3) is 10.9 Å². The van der Waals surface area contributed by atoms with Crippen LogP contribution in [0.5, 0.6) is 0 Å². The van der Waals surface area contributed by atoms with Crippen molar-refractivity contribution in [3.8, 4) is 0 Å². The van der Waals surface area contributed by atoms with E-state index in [1.165, 1.54) is 0 Å². The number of fused-ring (bicyclic) bond motifs is 1. The zero-order chi connectivity index (χ0) is 12.4. The van der Waals surface area contributed by atoms with Crippen LogP contribution < -0.4 is 5.73 Å². The van der Waals surface area contributed by atoms with E-state index in [1.54, 1.807) is 13.0 Å². The molecule has 2 rings (SSSR count). The molecule has 17 heavy (non-hydrogen) atoms. The van der Waals surface area contributed by atoms with Crippen LogP contribution in [0.3, 0.4) is 0 Å². The lowest BCUT2D eigenvalue weighted by molar-refractivity contribution is 0.0521. The Morgan fingerprint density at radius 3 is 2.94 bits per heavy atom. The maximum Gasteiger partial charge on any atom is 0.359 e. The molecule has 1 heterocycles. The molecule has 1 aromatic heterocycles. The minimum Gasteiger partial charge on any atom is -0.461 e. The molecule has 0 fully saturated rings. The van der Waals surface area contributed by atoms with Gasteiger partial charge in [-0.25, -0.2) is 9.78 Å². The molecular weight excluding hydrogens is 284 g/mol. The summed E-state index contributed by atoms with van der Waals surface area (Å²) in [5.41, 5.74) is 7.00. The van der Waals surface area contributed by atoms with Crippen molar-refractivity contribution in [2.45, 2.75) is 6.92 Å². The van der Waals surface area contributed by atoms with Crippen molar-refractivity contribution in [1.82, 2.24) is 4.98 Å². The Morgan fingerprint density at radius 2 is 2.24 bits per heavy atom. The van der Waals surface area contributed by atoms with E-state index < -0.39 is 5.97 Å². The summed E-state index contributed by atoms with van der Waals surface area (Å²) < 4.78 is 5.83. The average molecular weight is 295 g/mol. The van der Waals surface area contributed by atoms with Gasteiger partial charge in [0.1, 0.15) is 0 Å². The van der Waals surface area contributed by atoms with E-state index in [2.05, 4.69) is 20.9 Å². The third-order valence-electron chi connectivity index (χ3n) is 2.28. The molecule has 0 unspecified atom stereocenters. The monoisotopic (exact) mass is 294 g/mol. The van der Waals surface area contributed by atoms with E-state index in [9.17, 15) is 4.79 Å². The Balaban J connectivity index is 2.55. The quantitative estimate of drug-likeness (QED) is 0.865. The fourth-order valence-corrected chi connectivity index (χ4v) is 1.91. The maximum atomic E-state index is 11.6. The molecule has 5 heteroatoms. The molecule has 0 saturated carbocycles. The van der Waals surface area contributed by atoms with Gasteiger partial charge in [0.2, 0.25) is 0 Å². The van der Waals surface area contributed by atoms with Gasteiger partial charge in [-0.15, -0.1) is 0 Å². The molecule has 0 saturated heterocycles. The first-order chi connectivity index (χ1) is 8.11. The Morgan fingerprint density at radius 1 is 1.47 bits per heavy atom. The van der Waals surface area contributed by atoms with Crippen molar-refractivity contribution in [1.29, 1.82) is 0 Å². The molecule has 0 atom stereocenters. The van der Waals surface area contributed by atoms with Crippen molar-refractivity contribution < 1.29 is 9.53 Å². The predicted molar refractivity (Wildman–Crippen MR) is 69.8 cm³/mol. The maximum absolute atomic E-state index is 11.6. The van der Waals surface area contributed by atoms with Crippen LogP contribution in [-0.2, 0) is 4.74 Å². The molecule has 1 aromatic carbocycles. The second kappa shape index (κ2) is 4.71. The van der Waals surface area contributed by atoms with E-state index in [0.717, 1.165) is 9.86 Å². The lowest BCUT2D eigenvalue weighted by Gasteiger charge is -2.06. The average Bonchev–Trinajstić information content (AvgIpc) is 2.28. The number of rotatable bonds is 2. The molecule has 2 aromatic rings. The van der Waals surface area contributed by atoms with Gasteiger partial charge in [-0.3, -0.25) is 0 Å². The minimum absolute atomic E-state index is 0.168. The van der Waals surface area contributed by atoms with E-state index in [1.807, 2.05) is 18.2 Å². The number of benzene rings is 1. The first kappa shape index (κ1) is 11.9. The Hall–Kier alpha value is -1.62. The number of anilines is 1. The number of esters is 1. The van der Waals surface area contributed by atoms with Crippen molar-refractivity contribution in [2.75, 3.05) is 12.3 Å². The zero-order valence-electron chi connectivity index (χ0n) is 9.24. The van der Waals surface area contributed by atoms with E-state index in [-0.39, 0.29) is 5.69 Å². The van der Waals surface area contributed by atoms with Gasteiger partial charge in [-0.1, -0.05) is 15.9 Å². The largest absolute Gasteiger partial charge is 0.461 e. The molecule has 0 aliphatic heterocycles. The van der Waals surface area contributed by atoms with Crippen LogP contribution in [-0.4, -0.2) is 17.6 Å². The van der Waals surface area contributed by atoms with Crippen molar-refractivity contribution in [3.63, 3.8) is 0 Å². The molecule has 0 amide bonds. The molecule has 0 aliphatic carbocycles. The van der Waals surface area contributed by atoms with Crippen LogP contribution in [0, 0.1) is 0 Å². The van der Waals surface area contributed by atoms with Gasteiger partial charge in [0, 0.05) is 9.86 Å². The highest BCUT2D eigenvalue weighted by Gasteiger charge is 2.13. The summed E-state index contributed by atoms with van der Waals surface area (Å²) in [5.74, 6) is -0.491. The van der Waals surface area contributed by atoms with Crippen LogP contribution in [0.4, 0.5) is 5.69 Å². The lowest BCUT2D eigenvalue weighted by atomic mass is 10.2. The van der Waals surface area contributed by atoms with Crippen LogP contribution in [0.1, 0.15) is 17.4 Å². The van der Waals surface area contributed by atoms with Gasteiger partial charge in [0.15, 0.2) is 5.69 Å². The fraction of sp³-hybridized carbons (Fsp3) is 0.167. The second-order valence-electron chi connectivity index (χ2n) is 3.48. The smallest absolute Gasteiger partial charge is 0.359 e. The second-order valence-corrected chi connectivity index (χ2v) is 4.40. The topological polar surface area (TPSA) is 65.2 Å². The Kier molecular flexibility index (Phi) is 3.28. The number of nitrogen functional groups attached to an aromatic ring is 1. The van der Waals surface area contributed by atoms with Gasteiger partial charge < -0.3 is 10.5 Å². The van der Waals surface area contributed by atoms with Gasteiger partial charge >= 0.3 is 5.97 Å². The number of aromatic nitrogens is 1. The number of nitrogens with two attached hydrogens (primary N) is 1. The molecule has 0 radical (unpaired) electrons. The number of halogens is 1. The Bertz CT molecular complexity index is 584.